The van der Waals surface area contributed by atoms with Crippen LogP contribution in [0.15, 0.2) is 30.3 Å². The van der Waals surface area contributed by atoms with E-state index in [0.29, 0.717) is 5.92 Å². The maximum atomic E-state index is 2.43. The van der Waals surface area contributed by atoms with E-state index in [4.69, 9.17) is 0 Å². The van der Waals surface area contributed by atoms with Crippen molar-refractivity contribution in [1.82, 2.24) is 0 Å². The van der Waals surface area contributed by atoms with Crippen molar-refractivity contribution in [2.45, 2.75) is 87.0 Å². The fraction of sp³-hybridized carbons (Fsp3) is 0.739. The Bertz CT molecular complexity index is 370. The summed E-state index contributed by atoms with van der Waals surface area (Å²) in [5, 5.41) is 0. The number of hydrogen-bond acceptors (Lipinski definition) is 0. The second kappa shape index (κ2) is 11.7. The minimum Gasteiger partial charge on any atom is -0.0776 e. The molecule has 0 heteroatoms. The van der Waals surface area contributed by atoms with E-state index < -0.39 is 0 Å². The molecule has 0 N–H and O–H groups in total. The third kappa shape index (κ3) is 8.04. The standard InChI is InChI=1S/C11H22.C11H16.CH4/c2*1-9(2)10(3)11-7-5-4-6-8-11;/h9-11H,4-8H2,1-3H3;4-10H,1-3H3;1H4/t2*10-;/m00./s1. The molecule has 1 aromatic carbocycles. The Kier molecular flexibility index (Phi) is 11.3. The number of hydrogen-bond donors (Lipinski definition) is 0. The van der Waals surface area contributed by atoms with Crippen LogP contribution in [0.5, 0.6) is 0 Å². The van der Waals surface area contributed by atoms with Crippen molar-refractivity contribution in [1.29, 1.82) is 0 Å². The van der Waals surface area contributed by atoms with Gasteiger partial charge in [-0.1, -0.05) is 111 Å². The van der Waals surface area contributed by atoms with Crippen LogP contribution in [0, 0.1) is 23.7 Å². The van der Waals surface area contributed by atoms with Crippen molar-refractivity contribution in [2.75, 3.05) is 0 Å². The van der Waals surface area contributed by atoms with Gasteiger partial charge in [-0.25, -0.2) is 0 Å². The van der Waals surface area contributed by atoms with Gasteiger partial charge in [0, 0.05) is 0 Å². The van der Waals surface area contributed by atoms with E-state index in [1.807, 2.05) is 0 Å². The van der Waals surface area contributed by atoms with Crippen LogP contribution < -0.4 is 0 Å². The van der Waals surface area contributed by atoms with Crippen LogP contribution in [-0.2, 0) is 0 Å². The minimum absolute atomic E-state index is 0. The van der Waals surface area contributed by atoms with Crippen molar-refractivity contribution in [3.05, 3.63) is 35.9 Å². The van der Waals surface area contributed by atoms with Gasteiger partial charge < -0.3 is 0 Å². The van der Waals surface area contributed by atoms with Gasteiger partial charge in [-0.15, -0.1) is 0 Å². The van der Waals surface area contributed by atoms with Crippen LogP contribution in [0.1, 0.15) is 92.6 Å². The van der Waals surface area contributed by atoms with E-state index in [0.717, 1.165) is 23.7 Å². The quantitative estimate of drug-likeness (QED) is 0.528. The minimum atomic E-state index is 0. The van der Waals surface area contributed by atoms with Gasteiger partial charge in [0.25, 0.3) is 0 Å². The molecule has 1 aliphatic carbocycles. The average molecular weight is 319 g/mol. The summed E-state index contributed by atoms with van der Waals surface area (Å²) in [7, 11) is 0. The van der Waals surface area contributed by atoms with E-state index in [9.17, 15) is 0 Å². The zero-order valence-electron chi connectivity index (χ0n) is 15.8. The van der Waals surface area contributed by atoms with Crippen molar-refractivity contribution >= 4 is 0 Å². The topological polar surface area (TPSA) is 0 Å². The van der Waals surface area contributed by atoms with Gasteiger partial charge >= 0.3 is 0 Å². The summed E-state index contributed by atoms with van der Waals surface area (Å²) in [6.45, 7) is 14.0. The molecule has 0 unspecified atom stereocenters. The fourth-order valence-electron chi connectivity index (χ4n) is 3.35. The molecule has 1 fully saturated rings. The third-order valence-corrected chi connectivity index (χ3v) is 5.77. The summed E-state index contributed by atoms with van der Waals surface area (Å²) in [5.41, 5.74) is 1.45. The summed E-state index contributed by atoms with van der Waals surface area (Å²) in [6, 6.07) is 10.7. The normalized spacial score (nSPS) is 17.9. The molecule has 1 saturated carbocycles. The molecular formula is C23H42. The van der Waals surface area contributed by atoms with Crippen molar-refractivity contribution < 1.29 is 0 Å². The predicted molar refractivity (Wildman–Crippen MR) is 107 cm³/mol. The van der Waals surface area contributed by atoms with Crippen molar-refractivity contribution in [3.63, 3.8) is 0 Å². The van der Waals surface area contributed by atoms with E-state index in [2.05, 4.69) is 71.9 Å². The maximum absolute atomic E-state index is 2.43. The van der Waals surface area contributed by atoms with Crippen molar-refractivity contribution in [3.8, 4) is 0 Å². The van der Waals surface area contributed by atoms with E-state index in [1.54, 1.807) is 0 Å². The maximum Gasteiger partial charge on any atom is -0.0167 e. The largest absolute Gasteiger partial charge is 0.0776 e. The highest BCUT2D eigenvalue weighted by Crippen LogP contribution is 2.33. The van der Waals surface area contributed by atoms with Gasteiger partial charge in [0.05, 0.1) is 0 Å². The zero-order chi connectivity index (χ0) is 16.5. The lowest BCUT2D eigenvalue weighted by Crippen LogP contribution is -2.19. The smallest absolute Gasteiger partial charge is 0.0167 e. The first-order valence-corrected chi connectivity index (χ1v) is 9.48. The van der Waals surface area contributed by atoms with Crippen LogP contribution >= 0.6 is 0 Å². The number of benzene rings is 1. The van der Waals surface area contributed by atoms with Gasteiger partial charge in [0.1, 0.15) is 0 Å². The fourth-order valence-corrected chi connectivity index (χ4v) is 3.35. The Morgan fingerprint density at radius 3 is 1.70 bits per heavy atom. The Labute approximate surface area is 147 Å². The summed E-state index contributed by atoms with van der Waals surface area (Å²) < 4.78 is 0. The molecular weight excluding hydrogens is 276 g/mol. The number of rotatable bonds is 4. The molecule has 0 aromatic heterocycles. The van der Waals surface area contributed by atoms with Gasteiger partial charge in [-0.05, 0) is 35.2 Å². The van der Waals surface area contributed by atoms with E-state index >= 15 is 0 Å². The van der Waals surface area contributed by atoms with Crippen molar-refractivity contribution in [2.24, 2.45) is 23.7 Å². The van der Waals surface area contributed by atoms with Crippen LogP contribution in [0.25, 0.3) is 0 Å². The Morgan fingerprint density at radius 1 is 0.739 bits per heavy atom. The molecule has 2 atom stereocenters. The molecule has 23 heavy (non-hydrogen) atoms. The van der Waals surface area contributed by atoms with Gasteiger partial charge in [-0.3, -0.25) is 0 Å². The highest BCUT2D eigenvalue weighted by atomic mass is 14.3. The highest BCUT2D eigenvalue weighted by Gasteiger charge is 2.21. The first-order valence-electron chi connectivity index (χ1n) is 9.48. The molecule has 0 amide bonds. The Morgan fingerprint density at radius 2 is 1.26 bits per heavy atom. The summed E-state index contributed by atoms with van der Waals surface area (Å²) in [4.78, 5) is 0. The highest BCUT2D eigenvalue weighted by molar-refractivity contribution is 5.18. The monoisotopic (exact) mass is 318 g/mol. The summed E-state index contributed by atoms with van der Waals surface area (Å²) >= 11 is 0. The molecule has 0 radical (unpaired) electrons. The van der Waals surface area contributed by atoms with Gasteiger partial charge in [-0.2, -0.15) is 0 Å². The van der Waals surface area contributed by atoms with Crippen LogP contribution in [0.4, 0.5) is 0 Å². The van der Waals surface area contributed by atoms with Crippen LogP contribution in [-0.4, -0.2) is 0 Å². The van der Waals surface area contributed by atoms with Crippen LogP contribution in [0.3, 0.4) is 0 Å². The Hall–Kier alpha value is -0.780. The predicted octanol–water partition coefficient (Wildman–Crippen LogP) is 7.94. The molecule has 134 valence electrons. The average Bonchev–Trinajstić information content (AvgIpc) is 2.55. The molecule has 0 nitrogen and oxygen atoms in total. The molecule has 0 heterocycles. The first kappa shape index (κ1) is 22.2. The molecule has 0 aliphatic heterocycles. The van der Waals surface area contributed by atoms with Crippen LogP contribution in [0.2, 0.25) is 0 Å². The zero-order valence-corrected chi connectivity index (χ0v) is 15.8. The Balaban J connectivity index is 0.000000403. The lowest BCUT2D eigenvalue weighted by atomic mass is 9.76. The van der Waals surface area contributed by atoms with Gasteiger partial charge in [0.2, 0.25) is 0 Å². The molecule has 1 aliphatic rings. The molecule has 1 aromatic rings. The molecule has 0 spiro atoms. The second-order valence-electron chi connectivity index (χ2n) is 7.94. The summed E-state index contributed by atoms with van der Waals surface area (Å²) in [6.07, 6.45) is 7.46. The summed E-state index contributed by atoms with van der Waals surface area (Å²) in [5.74, 6) is 4.30. The lowest BCUT2D eigenvalue weighted by molar-refractivity contribution is 0.213. The van der Waals surface area contributed by atoms with E-state index in [1.165, 1.54) is 37.7 Å². The van der Waals surface area contributed by atoms with E-state index in [-0.39, 0.29) is 7.43 Å². The van der Waals surface area contributed by atoms with Gasteiger partial charge in [0.15, 0.2) is 0 Å². The third-order valence-electron chi connectivity index (χ3n) is 5.77. The molecule has 0 saturated heterocycles. The SMILES string of the molecule is C.CC(C)[C@H](C)C1CCCCC1.CC(C)[C@H](C)c1ccccc1. The molecule has 2 rings (SSSR count). The first-order chi connectivity index (χ1) is 10.4. The lowest BCUT2D eigenvalue weighted by Gasteiger charge is -2.30. The second-order valence-corrected chi connectivity index (χ2v) is 7.94. The molecule has 0 bridgehead atoms.